The van der Waals surface area contributed by atoms with Gasteiger partial charge in [-0.3, -0.25) is 0 Å². The SMILES string of the molecule is Cn1nncc1-c1ccc2c(c1)c(C1CCN(CCc3occ4ccccc34)CC1)cn2-c1ccc(F)cc1. The number of fused-ring (bicyclic) bond motifs is 2. The molecule has 6 nitrogen and oxygen atoms in total. The summed E-state index contributed by atoms with van der Waals surface area (Å²) in [4.78, 5) is 2.56. The van der Waals surface area contributed by atoms with E-state index in [1.54, 1.807) is 10.9 Å². The summed E-state index contributed by atoms with van der Waals surface area (Å²) in [6.07, 6.45) is 9.04. The van der Waals surface area contributed by atoms with Crippen molar-refractivity contribution in [2.45, 2.75) is 25.2 Å². The first-order valence-electron chi connectivity index (χ1n) is 13.6. The molecule has 3 aromatic heterocycles. The average Bonchev–Trinajstić information content (AvgIpc) is 3.69. The van der Waals surface area contributed by atoms with Crippen LogP contribution in [-0.4, -0.2) is 44.1 Å². The molecule has 6 aromatic rings. The van der Waals surface area contributed by atoms with Crippen LogP contribution in [0.4, 0.5) is 4.39 Å². The Hall–Kier alpha value is -4.23. The zero-order valence-electron chi connectivity index (χ0n) is 21.9. The molecule has 1 aliphatic rings. The molecule has 196 valence electrons. The van der Waals surface area contributed by atoms with E-state index in [0.29, 0.717) is 5.92 Å². The molecule has 0 aliphatic carbocycles. The fraction of sp³-hybridized carbons (Fsp3) is 0.250. The van der Waals surface area contributed by atoms with Crippen molar-refractivity contribution >= 4 is 21.7 Å². The maximum atomic E-state index is 13.7. The number of nitrogens with zero attached hydrogens (tertiary/aromatic N) is 5. The van der Waals surface area contributed by atoms with Crippen molar-refractivity contribution < 1.29 is 8.81 Å². The van der Waals surface area contributed by atoms with Crippen molar-refractivity contribution in [3.05, 3.63) is 103 Å². The highest BCUT2D eigenvalue weighted by atomic mass is 19.1. The molecule has 4 heterocycles. The van der Waals surface area contributed by atoms with E-state index in [1.165, 1.54) is 33.9 Å². The number of piperidine rings is 1. The second-order valence-electron chi connectivity index (χ2n) is 10.5. The van der Waals surface area contributed by atoms with Gasteiger partial charge in [-0.05, 0) is 73.8 Å². The first-order valence-corrected chi connectivity index (χ1v) is 13.6. The number of furan rings is 1. The minimum Gasteiger partial charge on any atom is -0.468 e. The molecule has 0 amide bonds. The monoisotopic (exact) mass is 519 g/mol. The van der Waals surface area contributed by atoms with Gasteiger partial charge in [0.15, 0.2) is 0 Å². The number of hydrogen-bond donors (Lipinski definition) is 0. The summed E-state index contributed by atoms with van der Waals surface area (Å²) in [5.41, 5.74) is 5.52. The van der Waals surface area contributed by atoms with Gasteiger partial charge in [0.05, 0.1) is 23.7 Å². The minimum absolute atomic E-state index is 0.226. The van der Waals surface area contributed by atoms with Crippen molar-refractivity contribution in [2.75, 3.05) is 19.6 Å². The number of likely N-dealkylation sites (tertiary alicyclic amines) is 1. The van der Waals surface area contributed by atoms with Crippen molar-refractivity contribution in [1.82, 2.24) is 24.5 Å². The van der Waals surface area contributed by atoms with E-state index >= 15 is 0 Å². The van der Waals surface area contributed by atoms with Crippen LogP contribution < -0.4 is 0 Å². The van der Waals surface area contributed by atoms with Crippen LogP contribution in [0.5, 0.6) is 0 Å². The molecule has 0 spiro atoms. The minimum atomic E-state index is -0.226. The van der Waals surface area contributed by atoms with Gasteiger partial charge in [-0.2, -0.15) is 0 Å². The van der Waals surface area contributed by atoms with E-state index in [0.717, 1.165) is 67.1 Å². The predicted octanol–water partition coefficient (Wildman–Crippen LogP) is 6.73. The van der Waals surface area contributed by atoms with Crippen LogP contribution in [0.25, 0.3) is 38.6 Å². The molecule has 1 aliphatic heterocycles. The van der Waals surface area contributed by atoms with Gasteiger partial charge < -0.3 is 13.9 Å². The largest absolute Gasteiger partial charge is 0.468 e. The van der Waals surface area contributed by atoms with Gasteiger partial charge in [0.25, 0.3) is 0 Å². The third-order valence-corrected chi connectivity index (χ3v) is 8.22. The van der Waals surface area contributed by atoms with E-state index in [9.17, 15) is 4.39 Å². The topological polar surface area (TPSA) is 52.0 Å². The maximum absolute atomic E-state index is 13.7. The summed E-state index contributed by atoms with van der Waals surface area (Å²) in [6.45, 7) is 3.11. The Kier molecular flexibility index (Phi) is 6.01. The molecule has 0 atom stereocenters. The van der Waals surface area contributed by atoms with E-state index in [2.05, 4.69) is 68.4 Å². The van der Waals surface area contributed by atoms with Crippen LogP contribution >= 0.6 is 0 Å². The van der Waals surface area contributed by atoms with Gasteiger partial charge in [-0.1, -0.05) is 35.5 Å². The van der Waals surface area contributed by atoms with Gasteiger partial charge in [0.1, 0.15) is 11.6 Å². The van der Waals surface area contributed by atoms with Crippen LogP contribution in [-0.2, 0) is 13.5 Å². The summed E-state index contributed by atoms with van der Waals surface area (Å²) in [5, 5.41) is 11.8. The molecule has 7 rings (SSSR count). The molecule has 1 fully saturated rings. The summed E-state index contributed by atoms with van der Waals surface area (Å²) in [5.74, 6) is 1.30. The number of benzene rings is 3. The highest BCUT2D eigenvalue weighted by molar-refractivity contribution is 5.90. The Balaban J connectivity index is 1.15. The first kappa shape index (κ1) is 23.9. The Bertz CT molecular complexity index is 1750. The summed E-state index contributed by atoms with van der Waals surface area (Å²) >= 11 is 0. The normalized spacial score (nSPS) is 15.0. The highest BCUT2D eigenvalue weighted by Crippen LogP contribution is 2.37. The Morgan fingerprint density at radius 2 is 1.79 bits per heavy atom. The van der Waals surface area contributed by atoms with Crippen LogP contribution in [0.15, 0.2) is 89.8 Å². The van der Waals surface area contributed by atoms with Crippen LogP contribution in [0.1, 0.15) is 30.1 Å². The molecule has 39 heavy (non-hydrogen) atoms. The molecule has 1 saturated heterocycles. The molecule has 0 N–H and O–H groups in total. The van der Waals surface area contributed by atoms with Crippen molar-refractivity contribution in [3.8, 4) is 16.9 Å². The number of aromatic nitrogens is 4. The number of rotatable bonds is 6. The molecular weight excluding hydrogens is 489 g/mol. The third-order valence-electron chi connectivity index (χ3n) is 8.22. The van der Waals surface area contributed by atoms with E-state index in [1.807, 2.05) is 25.4 Å². The van der Waals surface area contributed by atoms with Crippen LogP contribution in [0, 0.1) is 5.82 Å². The summed E-state index contributed by atoms with van der Waals surface area (Å²) in [7, 11) is 1.92. The highest BCUT2D eigenvalue weighted by Gasteiger charge is 2.25. The van der Waals surface area contributed by atoms with Gasteiger partial charge in [-0.15, -0.1) is 5.10 Å². The van der Waals surface area contributed by atoms with Gasteiger partial charge in [0.2, 0.25) is 0 Å². The summed E-state index contributed by atoms with van der Waals surface area (Å²) < 4.78 is 23.6. The molecule has 0 bridgehead atoms. The standard InChI is InChI=1S/C32H30FN5O/c1-36-31(19-34-35-36)23-6-11-30-28(18-23)29(20-38(30)26-9-7-25(33)8-10-26)22-12-15-37(16-13-22)17-14-32-27-5-3-2-4-24(27)21-39-32/h2-11,18-22H,12-17H2,1H3. The Morgan fingerprint density at radius 1 is 0.974 bits per heavy atom. The van der Waals surface area contributed by atoms with E-state index < -0.39 is 0 Å². The quantitative estimate of drug-likeness (QED) is 0.245. The first-order chi connectivity index (χ1) is 19.1. The second kappa shape index (κ2) is 9.82. The molecule has 0 radical (unpaired) electrons. The molecule has 7 heteroatoms. The molecule has 0 unspecified atom stereocenters. The lowest BCUT2D eigenvalue weighted by molar-refractivity contribution is 0.211. The Morgan fingerprint density at radius 3 is 2.59 bits per heavy atom. The number of halogens is 1. The van der Waals surface area contributed by atoms with Crippen molar-refractivity contribution in [1.29, 1.82) is 0 Å². The predicted molar refractivity (Wildman–Crippen MR) is 152 cm³/mol. The fourth-order valence-electron chi connectivity index (χ4n) is 6.08. The van der Waals surface area contributed by atoms with Crippen molar-refractivity contribution in [3.63, 3.8) is 0 Å². The maximum Gasteiger partial charge on any atom is 0.123 e. The smallest absolute Gasteiger partial charge is 0.123 e. The van der Waals surface area contributed by atoms with Gasteiger partial charge >= 0.3 is 0 Å². The molecular formula is C32H30FN5O. The number of hydrogen-bond acceptors (Lipinski definition) is 4. The lowest BCUT2D eigenvalue weighted by atomic mass is 9.88. The molecule has 0 saturated carbocycles. The van der Waals surface area contributed by atoms with E-state index in [-0.39, 0.29) is 5.82 Å². The van der Waals surface area contributed by atoms with Gasteiger partial charge in [0, 0.05) is 53.6 Å². The zero-order chi connectivity index (χ0) is 26.3. The van der Waals surface area contributed by atoms with Crippen molar-refractivity contribution in [2.24, 2.45) is 7.05 Å². The summed E-state index contributed by atoms with van der Waals surface area (Å²) in [6, 6.07) is 21.7. The Labute approximate surface area is 226 Å². The van der Waals surface area contributed by atoms with E-state index in [4.69, 9.17) is 4.42 Å². The average molecular weight is 520 g/mol. The fourth-order valence-corrected chi connectivity index (χ4v) is 6.08. The second-order valence-corrected chi connectivity index (χ2v) is 10.5. The lowest BCUT2D eigenvalue weighted by Crippen LogP contribution is -2.34. The zero-order valence-corrected chi connectivity index (χ0v) is 21.9. The number of aryl methyl sites for hydroxylation is 1. The molecule has 3 aromatic carbocycles. The van der Waals surface area contributed by atoms with Gasteiger partial charge in [-0.25, -0.2) is 9.07 Å². The van der Waals surface area contributed by atoms with Crippen LogP contribution in [0.3, 0.4) is 0 Å². The lowest BCUT2D eigenvalue weighted by Gasteiger charge is -2.31. The third kappa shape index (κ3) is 4.42. The van der Waals surface area contributed by atoms with Crippen LogP contribution in [0.2, 0.25) is 0 Å².